The molecule has 1 aliphatic rings. The van der Waals surface area contributed by atoms with Crippen LogP contribution in [0.5, 0.6) is 0 Å². The maximum Gasteiger partial charge on any atom is 0.205 e. The number of hydrogen-bond donors (Lipinski definition) is 0. The molecule has 1 aromatic heterocycles. The SMILES string of the molecule is [C-]#[N+]c1ccc2c(c[n+]3n2-c2cc(C)c(C)c(C)c2C3)c1C#N. The van der Waals surface area contributed by atoms with Gasteiger partial charge >= 0.3 is 0 Å². The topological polar surface area (TPSA) is 37.0 Å². The van der Waals surface area contributed by atoms with Crippen molar-refractivity contribution in [3.05, 3.63) is 63.6 Å². The fraction of sp³-hybridized carbons (Fsp3) is 0.211. The number of nitrogens with zero attached hydrogens (tertiary/aromatic N) is 4. The number of hydrogen-bond acceptors (Lipinski definition) is 1. The summed E-state index contributed by atoms with van der Waals surface area (Å²) < 4.78 is 4.30. The van der Waals surface area contributed by atoms with Gasteiger partial charge < -0.3 is 0 Å². The largest absolute Gasteiger partial charge is 0.237 e. The molecule has 0 fully saturated rings. The Kier molecular flexibility index (Phi) is 2.62. The summed E-state index contributed by atoms with van der Waals surface area (Å²) in [6.45, 7) is 14.5. The van der Waals surface area contributed by atoms with E-state index >= 15 is 0 Å². The molecule has 0 saturated carbocycles. The van der Waals surface area contributed by atoms with Crippen LogP contribution in [0.15, 0.2) is 24.4 Å². The minimum atomic E-state index is 0.418. The highest BCUT2D eigenvalue weighted by atomic mass is 15.4. The molecule has 23 heavy (non-hydrogen) atoms. The minimum Gasteiger partial charge on any atom is -0.237 e. The molecule has 0 aliphatic carbocycles. The summed E-state index contributed by atoms with van der Waals surface area (Å²) in [7, 11) is 0. The van der Waals surface area contributed by atoms with Crippen molar-refractivity contribution in [1.29, 1.82) is 5.26 Å². The second kappa shape index (κ2) is 4.44. The van der Waals surface area contributed by atoms with Crippen molar-refractivity contribution in [2.75, 3.05) is 0 Å². The molecule has 0 N–H and O–H groups in total. The third-order valence-corrected chi connectivity index (χ3v) is 5.01. The Morgan fingerprint density at radius 1 is 1.26 bits per heavy atom. The van der Waals surface area contributed by atoms with Crippen LogP contribution < -0.4 is 4.68 Å². The van der Waals surface area contributed by atoms with Gasteiger partial charge in [-0.15, -0.1) is 9.36 Å². The summed E-state index contributed by atoms with van der Waals surface area (Å²) in [5.41, 5.74) is 8.33. The number of nitriles is 1. The second-order valence-electron chi connectivity index (χ2n) is 6.10. The molecule has 0 radical (unpaired) electrons. The van der Waals surface area contributed by atoms with E-state index in [9.17, 15) is 5.26 Å². The van der Waals surface area contributed by atoms with Crippen molar-refractivity contribution in [2.45, 2.75) is 27.3 Å². The Hall–Kier alpha value is -3.11. The van der Waals surface area contributed by atoms with Gasteiger partial charge in [0, 0.05) is 0 Å². The first kappa shape index (κ1) is 13.5. The third-order valence-electron chi connectivity index (χ3n) is 5.01. The summed E-state index contributed by atoms with van der Waals surface area (Å²) in [6, 6.07) is 8.10. The van der Waals surface area contributed by atoms with E-state index in [0.717, 1.165) is 17.4 Å². The Morgan fingerprint density at radius 2 is 2.04 bits per heavy atom. The van der Waals surface area contributed by atoms with E-state index in [2.05, 4.69) is 47.1 Å². The molecular weight excluding hydrogens is 284 g/mol. The van der Waals surface area contributed by atoms with Gasteiger partial charge in [-0.05, 0) is 49.6 Å². The van der Waals surface area contributed by atoms with Crippen molar-refractivity contribution in [3.63, 3.8) is 0 Å². The molecule has 0 spiro atoms. The van der Waals surface area contributed by atoms with E-state index in [0.29, 0.717) is 11.3 Å². The number of rotatable bonds is 0. The normalized spacial score (nSPS) is 11.9. The standard InChI is InChI=1S/C19H15N4/c1-11-7-19-15(13(3)12(11)2)9-22-10-16-14(8-20)17(21-4)5-6-18(16)23(19)22/h5-7,10H,9H2,1-3H3/q+1. The third kappa shape index (κ3) is 1.61. The molecule has 1 aliphatic heterocycles. The van der Waals surface area contributed by atoms with Crippen molar-refractivity contribution in [3.8, 4) is 11.8 Å². The quantitative estimate of drug-likeness (QED) is 0.361. The van der Waals surface area contributed by atoms with E-state index in [4.69, 9.17) is 6.57 Å². The predicted octanol–water partition coefficient (Wildman–Crippen LogP) is 3.63. The molecule has 0 atom stereocenters. The molecule has 4 rings (SSSR count). The Bertz CT molecular complexity index is 1090. The molecule has 110 valence electrons. The molecule has 2 aromatic carbocycles. The number of benzene rings is 2. The average Bonchev–Trinajstić information content (AvgIpc) is 3.08. The van der Waals surface area contributed by atoms with Crippen molar-refractivity contribution >= 4 is 16.6 Å². The Balaban J connectivity index is 2.11. The zero-order valence-corrected chi connectivity index (χ0v) is 13.3. The summed E-state index contributed by atoms with van der Waals surface area (Å²) >= 11 is 0. The van der Waals surface area contributed by atoms with E-state index in [1.807, 2.05) is 12.3 Å². The maximum absolute atomic E-state index is 9.45. The molecule has 4 nitrogen and oxygen atoms in total. The molecule has 3 aromatic rings. The molecule has 2 heterocycles. The average molecular weight is 299 g/mol. The van der Waals surface area contributed by atoms with Crippen LogP contribution in [0, 0.1) is 38.7 Å². The number of aryl methyl sites for hydroxylation is 1. The van der Waals surface area contributed by atoms with Gasteiger partial charge in [-0.25, -0.2) is 4.85 Å². The van der Waals surface area contributed by atoms with Gasteiger partial charge in [0.25, 0.3) is 0 Å². The lowest BCUT2D eigenvalue weighted by Gasteiger charge is -2.08. The fourth-order valence-corrected chi connectivity index (χ4v) is 3.52. The van der Waals surface area contributed by atoms with Crippen LogP contribution in [0.1, 0.15) is 27.8 Å². The first-order valence-electron chi connectivity index (χ1n) is 7.52. The van der Waals surface area contributed by atoms with Gasteiger partial charge in [-0.2, -0.15) is 5.26 Å². The lowest BCUT2D eigenvalue weighted by molar-refractivity contribution is -0.749. The maximum atomic E-state index is 9.45. The monoisotopic (exact) mass is 299 g/mol. The van der Waals surface area contributed by atoms with Gasteiger partial charge in [0.15, 0.2) is 6.54 Å². The molecule has 0 amide bonds. The summed E-state index contributed by atoms with van der Waals surface area (Å²) in [5.74, 6) is 0. The van der Waals surface area contributed by atoms with E-state index in [1.165, 1.54) is 27.9 Å². The van der Waals surface area contributed by atoms with Crippen molar-refractivity contribution in [2.24, 2.45) is 0 Å². The zero-order valence-electron chi connectivity index (χ0n) is 13.3. The fourth-order valence-electron chi connectivity index (χ4n) is 3.52. The first-order valence-corrected chi connectivity index (χ1v) is 7.52. The second-order valence-corrected chi connectivity index (χ2v) is 6.10. The molecule has 4 heteroatoms. The smallest absolute Gasteiger partial charge is 0.205 e. The van der Waals surface area contributed by atoms with Crippen molar-refractivity contribution < 1.29 is 4.68 Å². The lowest BCUT2D eigenvalue weighted by atomic mass is 9.97. The van der Waals surface area contributed by atoms with Crippen LogP contribution >= 0.6 is 0 Å². The summed E-state index contributed by atoms with van der Waals surface area (Å²) in [6.07, 6.45) is 1.99. The minimum absolute atomic E-state index is 0.418. The van der Waals surface area contributed by atoms with Crippen LogP contribution in [0.2, 0.25) is 0 Å². The van der Waals surface area contributed by atoms with E-state index in [1.54, 1.807) is 6.07 Å². The molecule has 0 bridgehead atoms. The highest BCUT2D eigenvalue weighted by Crippen LogP contribution is 2.33. The van der Waals surface area contributed by atoms with Gasteiger partial charge in [0.1, 0.15) is 11.2 Å². The van der Waals surface area contributed by atoms with Gasteiger partial charge in [0.05, 0.1) is 29.2 Å². The van der Waals surface area contributed by atoms with Gasteiger partial charge in [0.2, 0.25) is 11.9 Å². The highest BCUT2D eigenvalue weighted by Gasteiger charge is 2.31. The van der Waals surface area contributed by atoms with E-state index < -0.39 is 0 Å². The van der Waals surface area contributed by atoms with Crippen LogP contribution in [-0.2, 0) is 6.54 Å². The molecular formula is C19H15N4+. The summed E-state index contributed by atoms with van der Waals surface area (Å²) in [5, 5.41) is 10.3. The van der Waals surface area contributed by atoms with Crippen LogP contribution in [0.4, 0.5) is 5.69 Å². The molecule has 0 saturated heterocycles. The van der Waals surface area contributed by atoms with Crippen molar-refractivity contribution in [1.82, 2.24) is 4.68 Å². The molecule has 0 unspecified atom stereocenters. The lowest BCUT2D eigenvalue weighted by Crippen LogP contribution is -2.36. The Labute approximate surface area is 134 Å². The van der Waals surface area contributed by atoms with Crippen LogP contribution in [-0.4, -0.2) is 4.68 Å². The van der Waals surface area contributed by atoms with Crippen LogP contribution in [0.3, 0.4) is 0 Å². The number of aromatic nitrogens is 2. The highest BCUT2D eigenvalue weighted by molar-refractivity contribution is 5.91. The first-order chi connectivity index (χ1) is 11.1. The zero-order chi connectivity index (χ0) is 16.3. The van der Waals surface area contributed by atoms with E-state index in [-0.39, 0.29) is 0 Å². The summed E-state index contributed by atoms with van der Waals surface area (Å²) in [4.78, 5) is 3.47. The number of fused-ring (bicyclic) bond motifs is 5. The van der Waals surface area contributed by atoms with Gasteiger partial charge in [-0.1, -0.05) is 6.07 Å². The Morgan fingerprint density at radius 3 is 2.74 bits per heavy atom. The van der Waals surface area contributed by atoms with Gasteiger partial charge in [-0.3, -0.25) is 0 Å². The van der Waals surface area contributed by atoms with Crippen LogP contribution in [0.25, 0.3) is 21.4 Å². The predicted molar refractivity (Wildman–Crippen MR) is 87.8 cm³/mol.